The summed E-state index contributed by atoms with van der Waals surface area (Å²) in [5.41, 5.74) is 1.35. The highest BCUT2D eigenvalue weighted by atomic mass is 35.5. The van der Waals surface area contributed by atoms with Gasteiger partial charge in [0.05, 0.1) is 4.34 Å². The van der Waals surface area contributed by atoms with Gasteiger partial charge >= 0.3 is 0 Å². The van der Waals surface area contributed by atoms with E-state index in [2.05, 4.69) is 24.4 Å². The van der Waals surface area contributed by atoms with Crippen LogP contribution in [-0.2, 0) is 13.0 Å². The van der Waals surface area contributed by atoms with Crippen molar-refractivity contribution in [3.8, 4) is 5.75 Å². The number of halogens is 1. The largest absolute Gasteiger partial charge is 0.488 e. The van der Waals surface area contributed by atoms with Gasteiger partial charge in [0, 0.05) is 10.9 Å². The zero-order chi connectivity index (χ0) is 14.4. The fourth-order valence-corrected chi connectivity index (χ4v) is 2.86. The van der Waals surface area contributed by atoms with Gasteiger partial charge in [-0.15, -0.1) is 11.3 Å². The maximum Gasteiger partial charge on any atom is 0.122 e. The Hall–Kier alpha value is -1.03. The van der Waals surface area contributed by atoms with E-state index in [0.29, 0.717) is 12.6 Å². The van der Waals surface area contributed by atoms with Gasteiger partial charge in [0.2, 0.25) is 0 Å². The molecule has 0 saturated carbocycles. The first-order chi connectivity index (χ1) is 9.67. The second kappa shape index (κ2) is 7.67. The second-order valence-electron chi connectivity index (χ2n) is 4.87. The molecule has 0 bridgehead atoms. The molecular formula is C16H20ClNOS. The quantitative estimate of drug-likeness (QED) is 0.812. The minimum absolute atomic E-state index is 0.550. The van der Waals surface area contributed by atoms with Crippen LogP contribution in [0.1, 0.15) is 23.8 Å². The Morgan fingerprint density at radius 1 is 1.20 bits per heavy atom. The van der Waals surface area contributed by atoms with Crippen LogP contribution in [0.2, 0.25) is 4.34 Å². The first kappa shape index (κ1) is 15.4. The van der Waals surface area contributed by atoms with Crippen molar-refractivity contribution in [1.29, 1.82) is 0 Å². The molecule has 1 unspecified atom stereocenters. The van der Waals surface area contributed by atoms with Crippen LogP contribution in [0.15, 0.2) is 36.4 Å². The van der Waals surface area contributed by atoms with Crippen LogP contribution in [0, 0.1) is 0 Å². The lowest BCUT2D eigenvalue weighted by Crippen LogP contribution is -2.21. The van der Waals surface area contributed by atoms with Crippen molar-refractivity contribution >= 4 is 22.9 Å². The van der Waals surface area contributed by atoms with Crippen LogP contribution in [0.4, 0.5) is 0 Å². The number of nitrogens with one attached hydrogen (secondary N) is 1. The maximum atomic E-state index is 5.89. The summed E-state index contributed by atoms with van der Waals surface area (Å²) in [6.45, 7) is 2.77. The Morgan fingerprint density at radius 2 is 1.95 bits per heavy atom. The monoisotopic (exact) mass is 309 g/mol. The van der Waals surface area contributed by atoms with Crippen LogP contribution in [-0.4, -0.2) is 13.1 Å². The average molecular weight is 310 g/mol. The van der Waals surface area contributed by atoms with Gasteiger partial charge in [0.1, 0.15) is 12.4 Å². The summed E-state index contributed by atoms with van der Waals surface area (Å²) < 4.78 is 6.55. The first-order valence-electron chi connectivity index (χ1n) is 6.80. The van der Waals surface area contributed by atoms with E-state index in [1.807, 2.05) is 31.3 Å². The van der Waals surface area contributed by atoms with Crippen molar-refractivity contribution in [3.63, 3.8) is 0 Å². The molecule has 108 valence electrons. The number of ether oxygens (including phenoxy) is 1. The number of hydrogen-bond donors (Lipinski definition) is 1. The van der Waals surface area contributed by atoms with E-state index in [9.17, 15) is 0 Å². The molecule has 20 heavy (non-hydrogen) atoms. The van der Waals surface area contributed by atoms with Crippen LogP contribution in [0.25, 0.3) is 0 Å². The lowest BCUT2D eigenvalue weighted by molar-refractivity contribution is 0.309. The fraction of sp³-hybridized carbons (Fsp3) is 0.375. The molecule has 2 nitrogen and oxygen atoms in total. The molecule has 0 aliphatic carbocycles. The molecule has 0 aliphatic heterocycles. The van der Waals surface area contributed by atoms with E-state index in [-0.39, 0.29) is 0 Å². The van der Waals surface area contributed by atoms with E-state index < -0.39 is 0 Å². The number of hydrogen-bond acceptors (Lipinski definition) is 3. The Morgan fingerprint density at radius 3 is 2.55 bits per heavy atom. The molecule has 0 radical (unpaired) electrons. The molecule has 0 saturated heterocycles. The van der Waals surface area contributed by atoms with Crippen molar-refractivity contribution in [2.75, 3.05) is 7.05 Å². The lowest BCUT2D eigenvalue weighted by Gasteiger charge is -2.10. The van der Waals surface area contributed by atoms with E-state index in [4.69, 9.17) is 16.3 Å². The van der Waals surface area contributed by atoms with Crippen molar-refractivity contribution in [2.24, 2.45) is 0 Å². The summed E-state index contributed by atoms with van der Waals surface area (Å²) in [6, 6.07) is 12.8. The van der Waals surface area contributed by atoms with Crippen molar-refractivity contribution in [2.45, 2.75) is 32.4 Å². The third kappa shape index (κ3) is 4.82. The standard InChI is InChI=1S/C16H20ClNOS/c1-12(18-2)3-4-13-5-7-14(8-6-13)19-11-15-9-10-16(17)20-15/h5-10,12,18H,3-4,11H2,1-2H3. The van der Waals surface area contributed by atoms with Gasteiger partial charge < -0.3 is 10.1 Å². The van der Waals surface area contributed by atoms with E-state index >= 15 is 0 Å². The summed E-state index contributed by atoms with van der Waals surface area (Å²) in [7, 11) is 2.00. The third-order valence-corrected chi connectivity index (χ3v) is 4.50. The third-order valence-electron chi connectivity index (χ3n) is 3.29. The Labute approximate surface area is 129 Å². The van der Waals surface area contributed by atoms with Gasteiger partial charge in [-0.2, -0.15) is 0 Å². The molecule has 2 aromatic rings. The number of thiophene rings is 1. The highest BCUT2D eigenvalue weighted by Gasteiger charge is 2.02. The zero-order valence-corrected chi connectivity index (χ0v) is 13.4. The topological polar surface area (TPSA) is 21.3 Å². The van der Waals surface area contributed by atoms with Crippen molar-refractivity contribution in [3.05, 3.63) is 51.2 Å². The van der Waals surface area contributed by atoms with E-state index in [1.54, 1.807) is 11.3 Å². The van der Waals surface area contributed by atoms with Crippen LogP contribution >= 0.6 is 22.9 Å². The molecule has 0 amide bonds. The van der Waals surface area contributed by atoms with Gasteiger partial charge in [0.25, 0.3) is 0 Å². The lowest BCUT2D eigenvalue weighted by atomic mass is 10.1. The Kier molecular flexibility index (Phi) is 5.89. The minimum Gasteiger partial charge on any atom is -0.488 e. The molecule has 1 atom stereocenters. The van der Waals surface area contributed by atoms with E-state index in [1.165, 1.54) is 5.56 Å². The molecule has 1 heterocycles. The molecule has 0 spiro atoms. The maximum absolute atomic E-state index is 5.89. The van der Waals surface area contributed by atoms with Crippen LogP contribution in [0.3, 0.4) is 0 Å². The molecule has 2 rings (SSSR count). The SMILES string of the molecule is CNC(C)CCc1ccc(OCc2ccc(Cl)s2)cc1. The first-order valence-corrected chi connectivity index (χ1v) is 8.00. The van der Waals surface area contributed by atoms with Crippen molar-refractivity contribution < 1.29 is 4.74 Å². The van der Waals surface area contributed by atoms with Gasteiger partial charge in [-0.05, 0) is 56.6 Å². The predicted molar refractivity (Wildman–Crippen MR) is 86.9 cm³/mol. The second-order valence-corrected chi connectivity index (χ2v) is 6.67. The van der Waals surface area contributed by atoms with Gasteiger partial charge in [-0.1, -0.05) is 23.7 Å². The van der Waals surface area contributed by atoms with Gasteiger partial charge in [0.15, 0.2) is 0 Å². The molecule has 1 N–H and O–H groups in total. The fourth-order valence-electron chi connectivity index (χ4n) is 1.86. The Bertz CT molecular complexity index is 524. The molecule has 0 fully saturated rings. The summed E-state index contributed by atoms with van der Waals surface area (Å²) in [4.78, 5) is 1.14. The molecule has 4 heteroatoms. The molecule has 1 aromatic heterocycles. The highest BCUT2D eigenvalue weighted by Crippen LogP contribution is 2.23. The number of rotatable bonds is 7. The normalized spacial score (nSPS) is 12.3. The molecular weight excluding hydrogens is 290 g/mol. The average Bonchev–Trinajstić information content (AvgIpc) is 2.89. The smallest absolute Gasteiger partial charge is 0.122 e. The number of benzene rings is 1. The van der Waals surface area contributed by atoms with Crippen molar-refractivity contribution in [1.82, 2.24) is 5.32 Å². The number of aryl methyl sites for hydroxylation is 1. The predicted octanol–water partition coefficient (Wildman–Crippen LogP) is 4.52. The van der Waals surface area contributed by atoms with Gasteiger partial charge in [-0.3, -0.25) is 0 Å². The molecule has 0 aliphatic rings. The van der Waals surface area contributed by atoms with Crippen LogP contribution < -0.4 is 10.1 Å². The molecule has 1 aromatic carbocycles. The summed E-state index contributed by atoms with van der Waals surface area (Å²) in [5, 5.41) is 3.25. The summed E-state index contributed by atoms with van der Waals surface area (Å²) in [5.74, 6) is 0.903. The summed E-state index contributed by atoms with van der Waals surface area (Å²) in [6.07, 6.45) is 2.23. The summed E-state index contributed by atoms with van der Waals surface area (Å²) >= 11 is 7.45. The highest BCUT2D eigenvalue weighted by molar-refractivity contribution is 7.16. The zero-order valence-electron chi connectivity index (χ0n) is 11.9. The van der Waals surface area contributed by atoms with Gasteiger partial charge in [-0.25, -0.2) is 0 Å². The van der Waals surface area contributed by atoms with Crippen LogP contribution in [0.5, 0.6) is 5.75 Å². The van der Waals surface area contributed by atoms with E-state index in [0.717, 1.165) is 27.8 Å². The Balaban J connectivity index is 1.82. The minimum atomic E-state index is 0.550.